The predicted molar refractivity (Wildman–Crippen MR) is 45.6 cm³/mol. The van der Waals surface area contributed by atoms with Crippen molar-refractivity contribution < 1.29 is 0 Å². The zero-order valence-corrected chi connectivity index (χ0v) is 6.04. The van der Waals surface area contributed by atoms with Gasteiger partial charge in [-0.25, -0.2) is 0 Å². The molecule has 10 heavy (non-hydrogen) atoms. The second kappa shape index (κ2) is 3.06. The Bertz CT molecular complexity index is 238. The highest BCUT2D eigenvalue weighted by atomic mass is 14.5. The number of hydrogen-bond donors (Lipinski definition) is 1. The molecule has 0 fully saturated rings. The number of nitrogen functional groups attached to an aromatic ring is 1. The van der Waals surface area contributed by atoms with E-state index in [2.05, 4.69) is 0 Å². The van der Waals surface area contributed by atoms with Crippen molar-refractivity contribution in [1.82, 2.24) is 0 Å². The van der Waals surface area contributed by atoms with Gasteiger partial charge in [0.2, 0.25) is 0 Å². The van der Waals surface area contributed by atoms with Gasteiger partial charge in [0.05, 0.1) is 0 Å². The molecule has 1 rings (SSSR count). The molecule has 0 saturated carbocycles. The summed E-state index contributed by atoms with van der Waals surface area (Å²) in [5.41, 5.74) is 7.53. The van der Waals surface area contributed by atoms with Gasteiger partial charge in [0.15, 0.2) is 0 Å². The number of benzene rings is 1. The molecule has 1 nitrogen and oxygen atoms in total. The van der Waals surface area contributed by atoms with Crippen LogP contribution in [-0.4, -0.2) is 0 Å². The van der Waals surface area contributed by atoms with E-state index in [9.17, 15) is 0 Å². The monoisotopic (exact) mass is 133 g/mol. The average Bonchev–Trinajstić information content (AvgIpc) is 1.88. The molecule has 1 aromatic rings. The second-order valence-electron chi connectivity index (χ2n) is 2.17. The van der Waals surface area contributed by atoms with E-state index in [1.165, 1.54) is 0 Å². The zero-order chi connectivity index (χ0) is 7.40. The topological polar surface area (TPSA) is 26.0 Å². The van der Waals surface area contributed by atoms with Crippen LogP contribution in [0.4, 0.5) is 5.69 Å². The van der Waals surface area contributed by atoms with Crippen LogP contribution < -0.4 is 5.73 Å². The third-order valence-electron chi connectivity index (χ3n) is 1.27. The SMILES string of the molecule is CC=Cc1cccc(N)c1. The molecule has 0 aliphatic carbocycles. The largest absolute Gasteiger partial charge is 0.399 e. The number of hydrogen-bond acceptors (Lipinski definition) is 1. The van der Waals surface area contributed by atoms with Crippen LogP contribution in [0, 0.1) is 0 Å². The maximum absolute atomic E-state index is 5.55. The molecule has 1 aromatic carbocycles. The number of anilines is 1. The lowest BCUT2D eigenvalue weighted by Gasteiger charge is -1.93. The molecule has 0 heterocycles. The van der Waals surface area contributed by atoms with Crippen LogP contribution in [-0.2, 0) is 0 Å². The summed E-state index contributed by atoms with van der Waals surface area (Å²) in [6.45, 7) is 1.99. The van der Waals surface area contributed by atoms with E-state index >= 15 is 0 Å². The fourth-order valence-corrected chi connectivity index (χ4v) is 0.855. The third kappa shape index (κ3) is 1.62. The van der Waals surface area contributed by atoms with Crippen LogP contribution in [0.25, 0.3) is 6.08 Å². The molecule has 1 heteroatoms. The lowest BCUT2D eigenvalue weighted by atomic mass is 10.2. The van der Waals surface area contributed by atoms with Crippen LogP contribution in [0.5, 0.6) is 0 Å². The first-order valence-corrected chi connectivity index (χ1v) is 3.31. The maximum Gasteiger partial charge on any atom is 0.0319 e. The van der Waals surface area contributed by atoms with E-state index in [0.717, 1.165) is 11.3 Å². The molecule has 0 aliphatic rings. The highest BCUT2D eigenvalue weighted by Crippen LogP contribution is 2.07. The average molecular weight is 133 g/mol. The fourth-order valence-electron chi connectivity index (χ4n) is 0.855. The summed E-state index contributed by atoms with van der Waals surface area (Å²) in [4.78, 5) is 0. The lowest BCUT2D eigenvalue weighted by Crippen LogP contribution is -1.83. The Morgan fingerprint density at radius 2 is 2.20 bits per heavy atom. The Hall–Kier alpha value is -1.24. The second-order valence-corrected chi connectivity index (χ2v) is 2.17. The van der Waals surface area contributed by atoms with E-state index in [4.69, 9.17) is 5.73 Å². The van der Waals surface area contributed by atoms with Crippen molar-refractivity contribution >= 4 is 11.8 Å². The number of rotatable bonds is 1. The molecular formula is C9H11N. The molecule has 0 aliphatic heterocycles. The van der Waals surface area contributed by atoms with Gasteiger partial charge < -0.3 is 5.73 Å². The molecule has 2 N–H and O–H groups in total. The summed E-state index contributed by atoms with van der Waals surface area (Å²) >= 11 is 0. The minimum absolute atomic E-state index is 0.815. The molecule has 0 bridgehead atoms. The van der Waals surface area contributed by atoms with E-state index in [1.807, 2.05) is 43.3 Å². The summed E-state index contributed by atoms with van der Waals surface area (Å²) in [7, 11) is 0. The Kier molecular flexibility index (Phi) is 2.11. The van der Waals surface area contributed by atoms with Gasteiger partial charge in [-0.3, -0.25) is 0 Å². The predicted octanol–water partition coefficient (Wildman–Crippen LogP) is 2.30. The smallest absolute Gasteiger partial charge is 0.0319 e. The van der Waals surface area contributed by atoms with Crippen LogP contribution >= 0.6 is 0 Å². The fraction of sp³-hybridized carbons (Fsp3) is 0.111. The van der Waals surface area contributed by atoms with Gasteiger partial charge in [-0.2, -0.15) is 0 Å². The highest BCUT2D eigenvalue weighted by molar-refractivity contribution is 5.55. The van der Waals surface area contributed by atoms with E-state index in [0.29, 0.717) is 0 Å². The van der Waals surface area contributed by atoms with Crippen molar-refractivity contribution in [3.05, 3.63) is 35.9 Å². The van der Waals surface area contributed by atoms with E-state index in [-0.39, 0.29) is 0 Å². The molecule has 0 saturated heterocycles. The standard InChI is InChI=1S/C9H11N/c1-2-4-8-5-3-6-9(10)7-8/h2-7H,10H2,1H3. The van der Waals surface area contributed by atoms with Crippen LogP contribution in [0.15, 0.2) is 30.3 Å². The minimum atomic E-state index is 0.815. The first-order chi connectivity index (χ1) is 4.83. The summed E-state index contributed by atoms with van der Waals surface area (Å²) in [5, 5.41) is 0. The molecule has 0 atom stereocenters. The van der Waals surface area contributed by atoms with Crippen molar-refractivity contribution in [1.29, 1.82) is 0 Å². The van der Waals surface area contributed by atoms with Crippen molar-refractivity contribution in [2.24, 2.45) is 0 Å². The molecule has 0 unspecified atom stereocenters. The summed E-state index contributed by atoms with van der Waals surface area (Å²) < 4.78 is 0. The van der Waals surface area contributed by atoms with Gasteiger partial charge in [-0.15, -0.1) is 0 Å². The minimum Gasteiger partial charge on any atom is -0.399 e. The summed E-state index contributed by atoms with van der Waals surface area (Å²) in [5.74, 6) is 0. The summed E-state index contributed by atoms with van der Waals surface area (Å²) in [6.07, 6.45) is 4.02. The zero-order valence-electron chi connectivity index (χ0n) is 6.04. The van der Waals surface area contributed by atoms with Gasteiger partial charge in [-0.1, -0.05) is 24.3 Å². The van der Waals surface area contributed by atoms with Gasteiger partial charge in [0, 0.05) is 5.69 Å². The van der Waals surface area contributed by atoms with Crippen LogP contribution in [0.3, 0.4) is 0 Å². The molecule has 0 aromatic heterocycles. The van der Waals surface area contributed by atoms with E-state index in [1.54, 1.807) is 0 Å². The summed E-state index contributed by atoms with van der Waals surface area (Å²) in [6, 6.07) is 7.80. The Balaban J connectivity index is 2.95. The van der Waals surface area contributed by atoms with Gasteiger partial charge in [0.1, 0.15) is 0 Å². The molecule has 0 amide bonds. The first-order valence-electron chi connectivity index (χ1n) is 3.31. The first kappa shape index (κ1) is 6.87. The quantitative estimate of drug-likeness (QED) is 0.584. The maximum atomic E-state index is 5.55. The highest BCUT2D eigenvalue weighted by Gasteiger charge is 1.84. The van der Waals surface area contributed by atoms with Crippen LogP contribution in [0.1, 0.15) is 12.5 Å². The lowest BCUT2D eigenvalue weighted by molar-refractivity contribution is 1.63. The van der Waals surface area contributed by atoms with Crippen molar-refractivity contribution in [2.75, 3.05) is 5.73 Å². The molecule has 0 spiro atoms. The van der Waals surface area contributed by atoms with Gasteiger partial charge in [0.25, 0.3) is 0 Å². The Labute approximate surface area is 61.2 Å². The van der Waals surface area contributed by atoms with Crippen molar-refractivity contribution in [3.8, 4) is 0 Å². The number of allylic oxidation sites excluding steroid dienone is 1. The van der Waals surface area contributed by atoms with Crippen molar-refractivity contribution in [3.63, 3.8) is 0 Å². The Morgan fingerprint density at radius 3 is 2.80 bits per heavy atom. The Morgan fingerprint density at radius 1 is 1.40 bits per heavy atom. The van der Waals surface area contributed by atoms with Crippen molar-refractivity contribution in [2.45, 2.75) is 6.92 Å². The van der Waals surface area contributed by atoms with Crippen LogP contribution in [0.2, 0.25) is 0 Å². The van der Waals surface area contributed by atoms with E-state index < -0.39 is 0 Å². The van der Waals surface area contributed by atoms with Gasteiger partial charge in [-0.05, 0) is 24.6 Å². The number of nitrogens with two attached hydrogens (primary N) is 1. The molecule has 52 valence electrons. The van der Waals surface area contributed by atoms with Gasteiger partial charge >= 0.3 is 0 Å². The normalized spacial score (nSPS) is 10.5. The third-order valence-corrected chi connectivity index (χ3v) is 1.27. The molecular weight excluding hydrogens is 122 g/mol. The molecule has 0 radical (unpaired) electrons.